The van der Waals surface area contributed by atoms with Gasteiger partial charge in [0, 0.05) is 4.47 Å². The summed E-state index contributed by atoms with van der Waals surface area (Å²) in [4.78, 5) is 26.8. The molecule has 1 aliphatic rings. The van der Waals surface area contributed by atoms with Crippen molar-refractivity contribution in [2.45, 2.75) is 13.0 Å². The molecule has 0 fully saturated rings. The first-order valence-electron chi connectivity index (χ1n) is 8.40. The van der Waals surface area contributed by atoms with E-state index in [1.54, 1.807) is 4.90 Å². The van der Waals surface area contributed by atoms with Crippen molar-refractivity contribution in [1.29, 1.82) is 0 Å². The van der Waals surface area contributed by atoms with E-state index in [2.05, 4.69) is 15.9 Å². The van der Waals surface area contributed by atoms with Gasteiger partial charge in [0.15, 0.2) is 0 Å². The van der Waals surface area contributed by atoms with E-state index in [4.69, 9.17) is 0 Å². The highest BCUT2D eigenvalue weighted by molar-refractivity contribution is 9.10. The Morgan fingerprint density at radius 1 is 0.808 bits per heavy atom. The third kappa shape index (κ3) is 3.08. The molecule has 0 saturated heterocycles. The lowest BCUT2D eigenvalue weighted by Gasteiger charge is -2.17. The summed E-state index contributed by atoms with van der Waals surface area (Å²) in [5, 5.41) is 0. The van der Waals surface area contributed by atoms with E-state index in [9.17, 15) is 9.59 Å². The Kier molecular flexibility index (Phi) is 4.43. The average molecular weight is 406 g/mol. The number of benzene rings is 3. The van der Waals surface area contributed by atoms with Crippen LogP contribution in [0.4, 0.5) is 5.69 Å². The molecule has 0 spiro atoms. The number of fused-ring (bicyclic) bond motifs is 1. The number of rotatable bonds is 4. The van der Waals surface area contributed by atoms with Crippen LogP contribution in [0.5, 0.6) is 0 Å². The van der Waals surface area contributed by atoms with Crippen LogP contribution in [0.1, 0.15) is 27.0 Å². The summed E-state index contributed by atoms with van der Waals surface area (Å²) in [6.45, 7) is 0.402. The largest absolute Gasteiger partial charge is 0.300 e. The molecule has 3 nitrogen and oxygen atoms in total. The normalized spacial score (nSPS) is 13.2. The number of hydrogen-bond donors (Lipinski definition) is 0. The Bertz CT molecular complexity index is 998. The zero-order valence-corrected chi connectivity index (χ0v) is 15.6. The summed E-state index contributed by atoms with van der Waals surface area (Å²) in [6, 6.07) is 23.4. The molecule has 0 bridgehead atoms. The lowest BCUT2D eigenvalue weighted by atomic mass is 9.97. The lowest BCUT2D eigenvalue weighted by molar-refractivity contribution is -0.114. The molecule has 4 heteroatoms. The first-order chi connectivity index (χ1) is 12.6. The third-order valence-corrected chi connectivity index (χ3v) is 5.05. The highest BCUT2D eigenvalue weighted by Crippen LogP contribution is 2.34. The van der Waals surface area contributed by atoms with Crippen molar-refractivity contribution < 1.29 is 9.59 Å². The van der Waals surface area contributed by atoms with Crippen LogP contribution in [0.3, 0.4) is 0 Å². The van der Waals surface area contributed by atoms with Gasteiger partial charge in [-0.05, 0) is 41.3 Å². The molecule has 4 rings (SSSR count). The second-order valence-corrected chi connectivity index (χ2v) is 7.24. The number of amides is 1. The van der Waals surface area contributed by atoms with Gasteiger partial charge in [-0.3, -0.25) is 9.59 Å². The van der Waals surface area contributed by atoms with E-state index in [1.807, 2.05) is 72.8 Å². The second-order valence-electron chi connectivity index (χ2n) is 6.32. The zero-order valence-electron chi connectivity index (χ0n) is 14.0. The number of Topliss-reactive ketones (excluding diaryl/α,β-unsaturated/α-hetero) is 1. The van der Waals surface area contributed by atoms with Gasteiger partial charge in [-0.25, -0.2) is 0 Å². The van der Waals surface area contributed by atoms with Crippen molar-refractivity contribution in [2.24, 2.45) is 0 Å². The van der Waals surface area contributed by atoms with Gasteiger partial charge in [-0.2, -0.15) is 0 Å². The molecular formula is C22H16BrNO2. The minimum atomic E-state index is -0.453. The summed E-state index contributed by atoms with van der Waals surface area (Å²) in [7, 11) is 0. The van der Waals surface area contributed by atoms with Gasteiger partial charge in [0.25, 0.3) is 11.7 Å². The van der Waals surface area contributed by atoms with Gasteiger partial charge in [-0.1, -0.05) is 70.5 Å². The number of hydrogen-bond acceptors (Lipinski definition) is 2. The molecule has 128 valence electrons. The lowest BCUT2D eigenvalue weighted by Crippen LogP contribution is -2.29. The second kappa shape index (κ2) is 6.89. The summed E-state index contributed by atoms with van der Waals surface area (Å²) in [6.07, 6.45) is 0.612. The fraction of sp³-hybridized carbons (Fsp3) is 0.0909. The maximum absolute atomic E-state index is 12.7. The van der Waals surface area contributed by atoms with Gasteiger partial charge in [0.05, 0.1) is 17.8 Å². The van der Waals surface area contributed by atoms with Crippen molar-refractivity contribution in [3.8, 4) is 0 Å². The van der Waals surface area contributed by atoms with E-state index >= 15 is 0 Å². The van der Waals surface area contributed by atoms with Crippen LogP contribution in [-0.4, -0.2) is 11.7 Å². The van der Waals surface area contributed by atoms with Gasteiger partial charge >= 0.3 is 0 Å². The average Bonchev–Trinajstić information content (AvgIpc) is 2.88. The minimum Gasteiger partial charge on any atom is -0.300 e. The highest BCUT2D eigenvalue weighted by Gasteiger charge is 2.37. The molecule has 1 amide bonds. The number of carbonyl (C=O) groups is 2. The van der Waals surface area contributed by atoms with E-state index in [-0.39, 0.29) is 0 Å². The fourth-order valence-corrected chi connectivity index (χ4v) is 3.80. The molecule has 3 aromatic carbocycles. The van der Waals surface area contributed by atoms with Crippen LogP contribution in [0, 0.1) is 0 Å². The van der Waals surface area contributed by atoms with Crippen molar-refractivity contribution in [3.63, 3.8) is 0 Å². The molecular weight excluding hydrogens is 390 g/mol. The zero-order chi connectivity index (χ0) is 18.1. The van der Waals surface area contributed by atoms with Crippen LogP contribution in [0.2, 0.25) is 0 Å². The first-order valence-corrected chi connectivity index (χ1v) is 9.19. The van der Waals surface area contributed by atoms with E-state index < -0.39 is 11.7 Å². The summed E-state index contributed by atoms with van der Waals surface area (Å²) in [5.41, 5.74) is 4.22. The minimum absolute atomic E-state index is 0.402. The molecule has 1 aliphatic heterocycles. The van der Waals surface area contributed by atoms with Gasteiger partial charge < -0.3 is 4.90 Å². The summed E-state index contributed by atoms with van der Waals surface area (Å²) in [5.74, 6) is -0.868. The molecule has 0 atom stereocenters. The molecule has 3 aromatic rings. The number of carbonyl (C=O) groups excluding carboxylic acids is 2. The van der Waals surface area contributed by atoms with Crippen molar-refractivity contribution >= 4 is 33.3 Å². The number of anilines is 1. The van der Waals surface area contributed by atoms with E-state index in [1.165, 1.54) is 0 Å². The number of ketones is 1. The molecule has 0 N–H and O–H groups in total. The third-order valence-electron chi connectivity index (χ3n) is 4.55. The van der Waals surface area contributed by atoms with Crippen molar-refractivity contribution in [2.75, 3.05) is 4.90 Å². The van der Waals surface area contributed by atoms with Crippen LogP contribution in [0.15, 0.2) is 77.3 Å². The smallest absolute Gasteiger partial charge is 0.299 e. The molecule has 0 saturated carbocycles. The predicted molar refractivity (Wildman–Crippen MR) is 105 cm³/mol. The maximum Gasteiger partial charge on any atom is 0.299 e. The molecule has 26 heavy (non-hydrogen) atoms. The van der Waals surface area contributed by atoms with Crippen LogP contribution in [0.25, 0.3) is 0 Å². The van der Waals surface area contributed by atoms with Crippen LogP contribution < -0.4 is 4.90 Å². The Morgan fingerprint density at radius 3 is 2.31 bits per heavy atom. The predicted octanol–water partition coefficient (Wildman–Crippen LogP) is 4.77. The Labute approximate surface area is 160 Å². The number of halogens is 1. The molecule has 0 radical (unpaired) electrons. The highest BCUT2D eigenvalue weighted by atomic mass is 79.9. The van der Waals surface area contributed by atoms with Crippen molar-refractivity contribution in [3.05, 3.63) is 99.5 Å². The first kappa shape index (κ1) is 16.7. The fourth-order valence-electron chi connectivity index (χ4n) is 3.35. The monoisotopic (exact) mass is 405 g/mol. The van der Waals surface area contributed by atoms with Gasteiger partial charge in [0.2, 0.25) is 0 Å². The summed E-state index contributed by atoms with van der Waals surface area (Å²) >= 11 is 3.48. The standard InChI is InChI=1S/C22H16BrNO2/c23-18-10-4-8-16(13-18)12-17-9-5-11-19-20(17)21(25)22(26)24(19)14-15-6-2-1-3-7-15/h1-11,13H,12,14H2. The maximum atomic E-state index is 12.7. The van der Waals surface area contributed by atoms with Crippen LogP contribution >= 0.6 is 15.9 Å². The Morgan fingerprint density at radius 2 is 1.54 bits per heavy atom. The topological polar surface area (TPSA) is 37.4 Å². The molecule has 0 aromatic heterocycles. The van der Waals surface area contributed by atoms with Crippen molar-refractivity contribution in [1.82, 2.24) is 0 Å². The quantitative estimate of drug-likeness (QED) is 0.586. The van der Waals surface area contributed by atoms with E-state index in [0.29, 0.717) is 24.2 Å². The van der Waals surface area contributed by atoms with Crippen LogP contribution in [-0.2, 0) is 17.8 Å². The molecule has 0 unspecified atom stereocenters. The SMILES string of the molecule is O=C1C(=O)N(Cc2ccccc2)c2cccc(Cc3cccc(Br)c3)c21. The van der Waals surface area contributed by atoms with E-state index in [0.717, 1.165) is 21.2 Å². The summed E-state index contributed by atoms with van der Waals surface area (Å²) < 4.78 is 0.996. The Balaban J connectivity index is 1.71. The molecule has 0 aliphatic carbocycles. The van der Waals surface area contributed by atoms with Gasteiger partial charge in [0.1, 0.15) is 0 Å². The van der Waals surface area contributed by atoms with Gasteiger partial charge in [-0.15, -0.1) is 0 Å². The Hall–Kier alpha value is -2.72. The molecule has 1 heterocycles. The number of nitrogens with zero attached hydrogens (tertiary/aromatic N) is 1.